The number of fused-ring (bicyclic) bond motifs is 3. The minimum absolute atomic E-state index is 0.0332. The number of aromatic nitrogens is 1. The van der Waals surface area contributed by atoms with E-state index in [0.29, 0.717) is 6.42 Å². The number of benzene rings is 3. The maximum atomic E-state index is 13.1. The SMILES string of the molecule is O=C1Cc2cc(-c3ncc(CNC(=O)c4ccc5c(c4)NC(=O)c4ccccc4S5(=O)=O)s3)ccc2N1. The maximum Gasteiger partial charge on any atom is 0.257 e. The van der Waals surface area contributed by atoms with Gasteiger partial charge in [-0.15, -0.1) is 11.3 Å². The number of hydrogen-bond acceptors (Lipinski definition) is 7. The van der Waals surface area contributed by atoms with Crippen LogP contribution in [-0.4, -0.2) is 31.1 Å². The van der Waals surface area contributed by atoms with Gasteiger partial charge >= 0.3 is 0 Å². The van der Waals surface area contributed by atoms with E-state index in [-0.39, 0.29) is 39.1 Å². The van der Waals surface area contributed by atoms with E-state index >= 15 is 0 Å². The average molecular weight is 531 g/mol. The van der Waals surface area contributed by atoms with E-state index in [4.69, 9.17) is 0 Å². The molecule has 0 saturated carbocycles. The fraction of sp³-hybridized carbons (Fsp3) is 0.0769. The first-order chi connectivity index (χ1) is 17.8. The molecule has 1 aromatic heterocycles. The third-order valence-corrected chi connectivity index (χ3v) is 9.07. The largest absolute Gasteiger partial charge is 0.347 e. The van der Waals surface area contributed by atoms with Crippen molar-refractivity contribution in [3.63, 3.8) is 0 Å². The van der Waals surface area contributed by atoms with E-state index in [1.807, 2.05) is 18.2 Å². The van der Waals surface area contributed by atoms with E-state index in [2.05, 4.69) is 20.9 Å². The Bertz CT molecular complexity index is 1740. The van der Waals surface area contributed by atoms with E-state index in [9.17, 15) is 22.8 Å². The molecular weight excluding hydrogens is 512 g/mol. The molecule has 3 N–H and O–H groups in total. The molecule has 2 aliphatic heterocycles. The highest BCUT2D eigenvalue weighted by atomic mass is 32.2. The van der Waals surface area contributed by atoms with Crippen molar-refractivity contribution in [2.45, 2.75) is 22.8 Å². The summed E-state index contributed by atoms with van der Waals surface area (Å²) in [5, 5.41) is 9.00. The lowest BCUT2D eigenvalue weighted by molar-refractivity contribution is -0.115. The van der Waals surface area contributed by atoms with Crippen molar-refractivity contribution in [2.24, 2.45) is 0 Å². The Hall–Kier alpha value is -4.35. The van der Waals surface area contributed by atoms with Crippen molar-refractivity contribution >= 4 is 50.3 Å². The van der Waals surface area contributed by atoms with Crippen LogP contribution >= 0.6 is 11.3 Å². The van der Waals surface area contributed by atoms with Gasteiger partial charge in [0, 0.05) is 27.9 Å². The zero-order chi connectivity index (χ0) is 25.7. The molecule has 37 heavy (non-hydrogen) atoms. The number of nitrogens with one attached hydrogen (secondary N) is 3. The molecule has 0 unspecified atom stereocenters. The van der Waals surface area contributed by atoms with Gasteiger partial charge in [0.15, 0.2) is 0 Å². The normalized spacial score (nSPS) is 15.0. The zero-order valence-electron chi connectivity index (χ0n) is 19.1. The van der Waals surface area contributed by atoms with Crippen LogP contribution in [-0.2, 0) is 27.6 Å². The standard InChI is InChI=1S/C26H18N4O5S2/c31-23-11-16-9-15(5-7-19(16)29-23)26-28-13-17(36-26)12-27-24(32)14-6-8-22-20(10-14)30-25(33)18-3-1-2-4-21(18)37(22,34)35/h1-10,13H,11-12H2,(H,27,32)(H,29,31)(H,30,33). The highest BCUT2D eigenvalue weighted by molar-refractivity contribution is 7.91. The Labute approximate surface area is 215 Å². The number of amides is 3. The van der Waals surface area contributed by atoms with Crippen LogP contribution < -0.4 is 16.0 Å². The summed E-state index contributed by atoms with van der Waals surface area (Å²) in [7, 11) is -3.94. The number of carbonyl (C=O) groups is 3. The second-order valence-electron chi connectivity index (χ2n) is 8.58. The second-order valence-corrected chi connectivity index (χ2v) is 11.6. The van der Waals surface area contributed by atoms with Gasteiger partial charge in [0.2, 0.25) is 15.7 Å². The van der Waals surface area contributed by atoms with Crippen molar-refractivity contribution in [3.8, 4) is 10.6 Å². The lowest BCUT2D eigenvalue weighted by Gasteiger charge is -2.10. The molecular formula is C26H18N4O5S2. The molecule has 0 spiro atoms. The molecule has 3 amide bonds. The highest BCUT2D eigenvalue weighted by Crippen LogP contribution is 2.34. The van der Waals surface area contributed by atoms with Gasteiger partial charge in [0.25, 0.3) is 11.8 Å². The summed E-state index contributed by atoms with van der Waals surface area (Å²) in [5.41, 5.74) is 2.94. The van der Waals surface area contributed by atoms with Gasteiger partial charge in [-0.25, -0.2) is 13.4 Å². The highest BCUT2D eigenvalue weighted by Gasteiger charge is 2.31. The lowest BCUT2D eigenvalue weighted by Crippen LogP contribution is -2.22. The number of carbonyl (C=O) groups excluding carboxylic acids is 3. The molecule has 3 heterocycles. The van der Waals surface area contributed by atoms with Gasteiger partial charge in [-0.1, -0.05) is 12.1 Å². The van der Waals surface area contributed by atoms with Gasteiger partial charge < -0.3 is 16.0 Å². The molecule has 0 bridgehead atoms. The zero-order valence-corrected chi connectivity index (χ0v) is 20.7. The van der Waals surface area contributed by atoms with E-state index in [0.717, 1.165) is 26.7 Å². The van der Waals surface area contributed by atoms with Crippen LogP contribution in [0.3, 0.4) is 0 Å². The van der Waals surface area contributed by atoms with Gasteiger partial charge in [-0.3, -0.25) is 14.4 Å². The molecule has 3 aromatic carbocycles. The first-order valence-corrected chi connectivity index (χ1v) is 13.5. The Kier molecular flexibility index (Phi) is 5.39. The molecule has 0 saturated heterocycles. The molecule has 4 aromatic rings. The predicted molar refractivity (Wildman–Crippen MR) is 137 cm³/mol. The molecule has 2 aliphatic rings. The summed E-state index contributed by atoms with van der Waals surface area (Å²) < 4.78 is 26.3. The molecule has 0 aliphatic carbocycles. The van der Waals surface area contributed by atoms with Gasteiger partial charge in [-0.05, 0) is 54.1 Å². The van der Waals surface area contributed by atoms with Gasteiger partial charge in [0.05, 0.1) is 34.0 Å². The smallest absolute Gasteiger partial charge is 0.257 e. The summed E-state index contributed by atoms with van der Waals surface area (Å²) >= 11 is 1.42. The van der Waals surface area contributed by atoms with Crippen LogP contribution in [0.4, 0.5) is 11.4 Å². The summed E-state index contributed by atoms with van der Waals surface area (Å²) in [4.78, 5) is 42.2. The van der Waals surface area contributed by atoms with Gasteiger partial charge in [0.1, 0.15) is 5.01 Å². The number of thiazole rings is 1. The number of hydrogen-bond donors (Lipinski definition) is 3. The van der Waals surface area contributed by atoms with Crippen LogP contribution in [0.2, 0.25) is 0 Å². The van der Waals surface area contributed by atoms with Crippen LogP contribution in [0.25, 0.3) is 10.6 Å². The monoisotopic (exact) mass is 530 g/mol. The Morgan fingerprint density at radius 2 is 1.81 bits per heavy atom. The van der Waals surface area contributed by atoms with Crippen molar-refractivity contribution in [1.82, 2.24) is 10.3 Å². The second kappa shape index (κ2) is 8.64. The summed E-state index contributed by atoms with van der Waals surface area (Å²) in [6, 6.07) is 15.8. The third-order valence-electron chi connectivity index (χ3n) is 6.15. The molecule has 0 radical (unpaired) electrons. The quantitative estimate of drug-likeness (QED) is 0.369. The molecule has 0 fully saturated rings. The van der Waals surface area contributed by atoms with Crippen molar-refractivity contribution < 1.29 is 22.8 Å². The van der Waals surface area contributed by atoms with Gasteiger partial charge in [-0.2, -0.15) is 0 Å². The van der Waals surface area contributed by atoms with Crippen LogP contribution in [0.5, 0.6) is 0 Å². The number of nitrogens with zero attached hydrogens (tertiary/aromatic N) is 1. The fourth-order valence-corrected chi connectivity index (χ4v) is 6.79. The van der Waals surface area contributed by atoms with E-state index in [1.165, 1.54) is 41.7 Å². The number of anilines is 2. The van der Waals surface area contributed by atoms with Crippen molar-refractivity contribution in [1.29, 1.82) is 0 Å². The first kappa shape index (κ1) is 23.1. The Morgan fingerprint density at radius 3 is 2.68 bits per heavy atom. The maximum absolute atomic E-state index is 13.1. The Balaban J connectivity index is 1.19. The van der Waals surface area contributed by atoms with E-state index < -0.39 is 21.7 Å². The number of rotatable bonds is 4. The van der Waals surface area contributed by atoms with Crippen LogP contribution in [0, 0.1) is 0 Å². The molecule has 9 nitrogen and oxygen atoms in total. The summed E-state index contributed by atoms with van der Waals surface area (Å²) in [6.45, 7) is 0.217. The van der Waals surface area contributed by atoms with Crippen molar-refractivity contribution in [3.05, 3.63) is 88.4 Å². The Morgan fingerprint density at radius 1 is 0.973 bits per heavy atom. The fourth-order valence-electron chi connectivity index (χ4n) is 4.35. The molecule has 184 valence electrons. The molecule has 0 atom stereocenters. The van der Waals surface area contributed by atoms with Crippen molar-refractivity contribution in [2.75, 3.05) is 10.6 Å². The third kappa shape index (κ3) is 4.07. The minimum Gasteiger partial charge on any atom is -0.347 e. The molecule has 11 heteroatoms. The van der Waals surface area contributed by atoms with Crippen LogP contribution in [0.15, 0.2) is 76.7 Å². The predicted octanol–water partition coefficient (Wildman–Crippen LogP) is 3.63. The minimum atomic E-state index is -3.94. The molecule has 6 rings (SSSR count). The first-order valence-electron chi connectivity index (χ1n) is 11.3. The number of sulfone groups is 1. The summed E-state index contributed by atoms with van der Waals surface area (Å²) in [6.07, 6.45) is 2.02. The lowest BCUT2D eigenvalue weighted by atomic mass is 10.1. The average Bonchev–Trinajstić information content (AvgIpc) is 3.50. The van der Waals surface area contributed by atoms with E-state index in [1.54, 1.807) is 18.3 Å². The van der Waals surface area contributed by atoms with Crippen LogP contribution in [0.1, 0.15) is 31.2 Å². The topological polar surface area (TPSA) is 134 Å². The summed E-state index contributed by atoms with van der Waals surface area (Å²) in [5.74, 6) is -1.01.